The number of likely N-dealkylation sites (N-methyl/N-ethyl adjacent to an activating group) is 1. The van der Waals surface area contributed by atoms with Gasteiger partial charge in [0.15, 0.2) is 5.13 Å². The molecule has 5 N–H and O–H groups in total. The summed E-state index contributed by atoms with van der Waals surface area (Å²) >= 11 is 1.13. The highest BCUT2D eigenvalue weighted by Crippen LogP contribution is 2.37. The number of carbonyl (C=O) groups excluding carboxylic acids is 4. The fraction of sp³-hybridized carbons (Fsp3) is 0.667. The van der Waals surface area contributed by atoms with Crippen LogP contribution in [-0.2, 0) is 38.1 Å². The minimum atomic E-state index is -0.711. The molecule has 2 fully saturated rings. The molecule has 0 spiro atoms. The third kappa shape index (κ3) is 15.0. The van der Waals surface area contributed by atoms with Crippen molar-refractivity contribution in [3.05, 3.63) is 30.3 Å². The molecule has 1 saturated carbocycles. The van der Waals surface area contributed by atoms with Gasteiger partial charge in [-0.2, -0.15) is 0 Å². The molecule has 16 nitrogen and oxygen atoms in total. The zero-order valence-electron chi connectivity index (χ0n) is 33.1. The maximum absolute atomic E-state index is 14.1. The number of nitrogens with one attached hydrogen (secondary N) is 5. The van der Waals surface area contributed by atoms with Gasteiger partial charge in [-0.25, -0.2) is 9.78 Å². The number of rotatable bonds is 25. The minimum absolute atomic E-state index is 0.0173. The summed E-state index contributed by atoms with van der Waals surface area (Å²) in [5.74, 6) is -0.772. The number of likely N-dealkylation sites (tertiary alicyclic amines) is 1. The number of amides is 5. The SMILES string of the molecule is CCOCCOCCOCCOCCOCCNC(=O)Nc1nc(-c2ccccc2)c(NC(=O)[C@@H]2CCCN2C(=O)[C@@H](NC(=O)[C@H](C)NC)C2CCCCC2)s1. The predicted molar refractivity (Wildman–Crippen MR) is 215 cm³/mol. The Morgan fingerprint density at radius 3 is 2.07 bits per heavy atom. The second-order valence-corrected chi connectivity index (χ2v) is 14.7. The van der Waals surface area contributed by atoms with Gasteiger partial charge < -0.3 is 49.9 Å². The van der Waals surface area contributed by atoms with Crippen molar-refractivity contribution >= 4 is 45.2 Å². The molecule has 1 saturated heterocycles. The summed E-state index contributed by atoms with van der Waals surface area (Å²) in [6, 6.07) is 7.04. The van der Waals surface area contributed by atoms with Gasteiger partial charge in [0.05, 0.1) is 65.5 Å². The van der Waals surface area contributed by atoms with Gasteiger partial charge in [0.25, 0.3) is 0 Å². The van der Waals surface area contributed by atoms with E-state index < -0.39 is 24.2 Å². The lowest BCUT2D eigenvalue weighted by molar-refractivity contribution is -0.142. The molecule has 2 aliphatic rings. The van der Waals surface area contributed by atoms with E-state index >= 15 is 0 Å². The highest BCUT2D eigenvalue weighted by atomic mass is 32.1. The van der Waals surface area contributed by atoms with E-state index in [1.54, 1.807) is 18.9 Å². The van der Waals surface area contributed by atoms with Gasteiger partial charge in [0.1, 0.15) is 22.8 Å². The van der Waals surface area contributed by atoms with Crippen LogP contribution in [0.25, 0.3) is 11.3 Å². The second-order valence-electron chi connectivity index (χ2n) is 13.7. The number of anilines is 2. The van der Waals surface area contributed by atoms with E-state index in [1.807, 2.05) is 37.3 Å². The van der Waals surface area contributed by atoms with E-state index in [4.69, 9.17) is 23.7 Å². The van der Waals surface area contributed by atoms with Crippen LogP contribution in [0, 0.1) is 5.92 Å². The molecule has 0 radical (unpaired) electrons. The maximum atomic E-state index is 14.1. The van der Waals surface area contributed by atoms with Crippen LogP contribution in [0.15, 0.2) is 30.3 Å². The standard InChI is InChI=1S/C39H61N7O9S/c1-4-51-20-21-53-24-25-55-27-26-54-23-22-52-19-17-41-38(50)45-39-43-32(29-12-7-5-8-13-29)36(56-39)44-35(48)31-16-11-18-46(31)37(49)33(30-14-9-6-10-15-30)42-34(47)28(2)40-3/h5,7-8,12-13,28,30-31,33,40H,4,6,9-11,14-27H2,1-3H3,(H,42,47)(H,44,48)(H2,41,43,45,50)/t28-,31-,33-/m0/s1. The Morgan fingerprint density at radius 2 is 1.45 bits per heavy atom. The molecule has 0 bridgehead atoms. The monoisotopic (exact) mass is 803 g/mol. The molecule has 1 aliphatic heterocycles. The van der Waals surface area contributed by atoms with E-state index in [-0.39, 0.29) is 36.8 Å². The van der Waals surface area contributed by atoms with Crippen LogP contribution in [-0.4, -0.2) is 138 Å². The Morgan fingerprint density at radius 1 is 0.821 bits per heavy atom. The van der Waals surface area contributed by atoms with Gasteiger partial charge in [-0.3, -0.25) is 19.7 Å². The van der Waals surface area contributed by atoms with Gasteiger partial charge in [0.2, 0.25) is 17.7 Å². The Bertz CT molecular complexity index is 1480. The van der Waals surface area contributed by atoms with Crippen molar-refractivity contribution in [2.75, 3.05) is 96.8 Å². The van der Waals surface area contributed by atoms with Crippen molar-refractivity contribution in [3.8, 4) is 11.3 Å². The fourth-order valence-corrected chi connectivity index (χ4v) is 7.47. The molecule has 1 aromatic carbocycles. The van der Waals surface area contributed by atoms with Gasteiger partial charge in [0, 0.05) is 25.3 Å². The molecule has 2 heterocycles. The van der Waals surface area contributed by atoms with Crippen LogP contribution in [0.1, 0.15) is 58.8 Å². The number of urea groups is 1. The average molecular weight is 804 g/mol. The van der Waals surface area contributed by atoms with Crippen LogP contribution >= 0.6 is 11.3 Å². The van der Waals surface area contributed by atoms with E-state index in [1.165, 1.54) is 0 Å². The van der Waals surface area contributed by atoms with Crippen molar-refractivity contribution in [1.82, 2.24) is 25.8 Å². The van der Waals surface area contributed by atoms with Crippen molar-refractivity contribution in [1.29, 1.82) is 0 Å². The molecule has 0 unspecified atom stereocenters. The van der Waals surface area contributed by atoms with E-state index in [2.05, 4.69) is 31.6 Å². The molecule has 2 aromatic rings. The van der Waals surface area contributed by atoms with Crippen LogP contribution in [0.5, 0.6) is 0 Å². The van der Waals surface area contributed by atoms with Crippen molar-refractivity contribution < 1.29 is 42.9 Å². The van der Waals surface area contributed by atoms with Crippen LogP contribution in [0.4, 0.5) is 14.9 Å². The number of hydrogen-bond acceptors (Lipinski definition) is 12. The summed E-state index contributed by atoms with van der Waals surface area (Å²) in [5, 5.41) is 15.3. The van der Waals surface area contributed by atoms with E-state index in [0.29, 0.717) is 94.7 Å². The number of thiazole rings is 1. The Balaban J connectivity index is 1.25. The zero-order valence-corrected chi connectivity index (χ0v) is 33.9. The summed E-state index contributed by atoms with van der Waals surface area (Å²) < 4.78 is 27.1. The molecular weight excluding hydrogens is 743 g/mol. The molecule has 1 aliphatic carbocycles. The normalized spacial score (nSPS) is 17.0. The number of carbonyl (C=O) groups is 4. The lowest BCUT2D eigenvalue weighted by Gasteiger charge is -2.35. The van der Waals surface area contributed by atoms with Crippen LogP contribution < -0.4 is 26.6 Å². The lowest BCUT2D eigenvalue weighted by atomic mass is 9.83. The zero-order chi connectivity index (χ0) is 40.0. The van der Waals surface area contributed by atoms with Crippen LogP contribution in [0.2, 0.25) is 0 Å². The summed E-state index contributed by atoms with van der Waals surface area (Å²) in [6.45, 7) is 9.17. The minimum Gasteiger partial charge on any atom is -0.379 e. The van der Waals surface area contributed by atoms with E-state index in [0.717, 1.165) is 49.0 Å². The van der Waals surface area contributed by atoms with Crippen molar-refractivity contribution in [3.63, 3.8) is 0 Å². The topological polar surface area (TPSA) is 191 Å². The van der Waals surface area contributed by atoms with Gasteiger partial charge >= 0.3 is 6.03 Å². The van der Waals surface area contributed by atoms with Crippen LogP contribution in [0.3, 0.4) is 0 Å². The number of aromatic nitrogens is 1. The molecule has 3 atom stereocenters. The summed E-state index contributed by atoms with van der Waals surface area (Å²) in [5.41, 5.74) is 1.26. The molecule has 312 valence electrons. The largest absolute Gasteiger partial charge is 0.379 e. The highest BCUT2D eigenvalue weighted by Gasteiger charge is 2.41. The second kappa shape index (κ2) is 25.5. The highest BCUT2D eigenvalue weighted by molar-refractivity contribution is 7.20. The summed E-state index contributed by atoms with van der Waals surface area (Å²) in [4.78, 5) is 60.1. The summed E-state index contributed by atoms with van der Waals surface area (Å²) in [6.07, 6.45) is 6.00. The van der Waals surface area contributed by atoms with E-state index in [9.17, 15) is 19.2 Å². The molecule has 1 aromatic heterocycles. The predicted octanol–water partition coefficient (Wildman–Crippen LogP) is 3.64. The lowest BCUT2D eigenvalue weighted by Crippen LogP contribution is -2.57. The maximum Gasteiger partial charge on any atom is 0.321 e. The van der Waals surface area contributed by atoms with Gasteiger partial charge in [-0.15, -0.1) is 0 Å². The van der Waals surface area contributed by atoms with Gasteiger partial charge in [-0.05, 0) is 52.5 Å². The molecular formula is C39H61N7O9S. The fourth-order valence-electron chi connectivity index (χ4n) is 6.59. The first-order valence-electron chi connectivity index (χ1n) is 19.9. The molecule has 4 rings (SSSR count). The summed E-state index contributed by atoms with van der Waals surface area (Å²) in [7, 11) is 1.71. The molecule has 5 amide bonds. The Hall–Kier alpha value is -3.71. The molecule has 56 heavy (non-hydrogen) atoms. The number of benzene rings is 1. The number of nitrogens with zero attached hydrogens (tertiary/aromatic N) is 2. The van der Waals surface area contributed by atoms with Gasteiger partial charge in [-0.1, -0.05) is 60.9 Å². The third-order valence-corrected chi connectivity index (χ3v) is 10.6. The molecule has 17 heteroatoms. The Labute approximate surface area is 334 Å². The quantitative estimate of drug-likeness (QED) is 0.0922. The smallest absolute Gasteiger partial charge is 0.321 e. The van der Waals surface area contributed by atoms with Crippen molar-refractivity contribution in [2.24, 2.45) is 5.92 Å². The Kier molecular flexibility index (Phi) is 20.5. The first-order chi connectivity index (χ1) is 27.3. The average Bonchev–Trinajstić information content (AvgIpc) is 3.87. The number of hydrogen-bond donors (Lipinski definition) is 5. The number of ether oxygens (including phenoxy) is 5. The first-order valence-corrected chi connectivity index (χ1v) is 20.7. The van der Waals surface area contributed by atoms with Crippen molar-refractivity contribution in [2.45, 2.75) is 76.9 Å². The first kappa shape index (κ1) is 45.0. The third-order valence-electron chi connectivity index (χ3n) is 9.71.